The minimum absolute atomic E-state index is 0. The lowest BCUT2D eigenvalue weighted by atomic mass is 10.5. The third kappa shape index (κ3) is 5.89. The molecule has 0 N–H and O–H groups in total. The zero-order valence-electron chi connectivity index (χ0n) is 7.31. The highest BCUT2D eigenvalue weighted by molar-refractivity contribution is 5.67. The van der Waals surface area contributed by atoms with E-state index in [1.807, 2.05) is 39.4 Å². The zero-order valence-corrected chi connectivity index (χ0v) is 8.07. The molecule has 0 heterocycles. The Morgan fingerprint density at radius 2 is 1.70 bits per heavy atom. The molecule has 0 saturated heterocycles. The van der Waals surface area contributed by atoms with Crippen molar-refractivity contribution in [3.8, 4) is 0 Å². The molecule has 0 aromatic rings. The summed E-state index contributed by atoms with van der Waals surface area (Å²) in [5.41, 5.74) is 0. The van der Waals surface area contributed by atoms with Crippen molar-refractivity contribution >= 4 is 5.90 Å². The fourth-order valence-electron chi connectivity index (χ4n) is 0.447. The lowest BCUT2D eigenvalue weighted by Crippen LogP contribution is -3.00. The van der Waals surface area contributed by atoms with Crippen LogP contribution >= 0.6 is 0 Å². The predicted molar refractivity (Wildman–Crippen MR) is 39.0 cm³/mol. The second kappa shape index (κ2) is 5.54. The van der Waals surface area contributed by atoms with Gasteiger partial charge in [-0.25, -0.2) is 4.58 Å². The molecule has 10 heavy (non-hydrogen) atoms. The summed E-state index contributed by atoms with van der Waals surface area (Å²) in [5, 5.41) is 0. The van der Waals surface area contributed by atoms with Crippen LogP contribution in [0.5, 0.6) is 0 Å². The van der Waals surface area contributed by atoms with Crippen LogP contribution in [0.15, 0.2) is 0 Å². The second-order valence-corrected chi connectivity index (χ2v) is 2.58. The van der Waals surface area contributed by atoms with Crippen molar-refractivity contribution < 1.29 is 21.7 Å². The first-order chi connectivity index (χ1) is 4.04. The summed E-state index contributed by atoms with van der Waals surface area (Å²) >= 11 is 0. The van der Waals surface area contributed by atoms with Crippen molar-refractivity contribution in [3.63, 3.8) is 0 Å². The summed E-state index contributed by atoms with van der Waals surface area (Å²) in [5.74, 6) is 0.963. The molecule has 3 heteroatoms. The number of hydrogen-bond donors (Lipinski definition) is 0. The summed E-state index contributed by atoms with van der Waals surface area (Å²) in [4.78, 5) is 0. The molecule has 0 aromatic heterocycles. The molecule has 0 unspecified atom stereocenters. The zero-order chi connectivity index (χ0) is 7.44. The number of hydrogen-bond acceptors (Lipinski definition) is 1. The maximum atomic E-state index is 5.35. The minimum atomic E-state index is 0. The van der Waals surface area contributed by atoms with E-state index in [-0.39, 0.29) is 18.5 Å². The van der Waals surface area contributed by atoms with Gasteiger partial charge in [0.25, 0.3) is 0 Å². The first kappa shape index (κ1) is 12.4. The van der Waals surface area contributed by atoms with Gasteiger partial charge < -0.3 is 17.1 Å². The summed E-state index contributed by atoms with van der Waals surface area (Å²) in [6.07, 6.45) is 0.285. The summed E-state index contributed by atoms with van der Waals surface area (Å²) < 4.78 is 7.31. The molecule has 0 saturated carbocycles. The number of ether oxygens (including phenoxy) is 1. The van der Waals surface area contributed by atoms with E-state index in [1.54, 1.807) is 0 Å². The van der Waals surface area contributed by atoms with Gasteiger partial charge >= 0.3 is 5.90 Å². The van der Waals surface area contributed by atoms with Gasteiger partial charge in [-0.3, -0.25) is 0 Å². The van der Waals surface area contributed by atoms with Crippen LogP contribution in [0.25, 0.3) is 0 Å². The lowest BCUT2D eigenvalue weighted by molar-refractivity contribution is -0.475. The van der Waals surface area contributed by atoms with E-state index < -0.39 is 0 Å². The molecular formula is C7H16ClNO. The van der Waals surface area contributed by atoms with Gasteiger partial charge in [-0.15, -0.1) is 0 Å². The Kier molecular flexibility index (Phi) is 6.89. The van der Waals surface area contributed by atoms with Crippen LogP contribution in [0.3, 0.4) is 0 Å². The Balaban J connectivity index is 0. The standard InChI is InChI=1S/C7H16NO.ClH/c1-6(2)9-7(3)8(4)5;/h6H,1-5H3;1H/q+1;/p-1. The third-order valence-electron chi connectivity index (χ3n) is 1.04. The molecule has 0 fully saturated rings. The van der Waals surface area contributed by atoms with Crippen molar-refractivity contribution in [1.82, 2.24) is 0 Å². The van der Waals surface area contributed by atoms with Gasteiger partial charge in [0.15, 0.2) is 0 Å². The van der Waals surface area contributed by atoms with Crippen LogP contribution in [0.2, 0.25) is 0 Å². The predicted octanol–water partition coefficient (Wildman–Crippen LogP) is -1.89. The van der Waals surface area contributed by atoms with Crippen LogP contribution in [0, 0.1) is 0 Å². The smallest absolute Gasteiger partial charge is 0.332 e. The molecule has 0 aliphatic carbocycles. The van der Waals surface area contributed by atoms with Gasteiger partial charge in [-0.05, 0) is 13.8 Å². The van der Waals surface area contributed by atoms with Crippen molar-refractivity contribution in [2.45, 2.75) is 26.9 Å². The fourth-order valence-corrected chi connectivity index (χ4v) is 0.447. The molecule has 0 atom stereocenters. The lowest BCUT2D eigenvalue weighted by Gasteiger charge is -2.05. The molecular weight excluding hydrogens is 150 g/mol. The average molecular weight is 166 g/mol. The highest BCUT2D eigenvalue weighted by Gasteiger charge is 2.01. The first-order valence-electron chi connectivity index (χ1n) is 3.21. The third-order valence-corrected chi connectivity index (χ3v) is 1.04. The molecule has 0 amide bonds. The maximum Gasteiger partial charge on any atom is 0.332 e. The van der Waals surface area contributed by atoms with Crippen molar-refractivity contribution in [3.05, 3.63) is 0 Å². The van der Waals surface area contributed by atoms with Crippen LogP contribution in [0.4, 0.5) is 0 Å². The van der Waals surface area contributed by atoms with E-state index in [0.29, 0.717) is 0 Å². The quantitative estimate of drug-likeness (QED) is 0.251. The van der Waals surface area contributed by atoms with Gasteiger partial charge in [0, 0.05) is 0 Å². The second-order valence-electron chi connectivity index (χ2n) is 2.58. The van der Waals surface area contributed by atoms with Crippen LogP contribution in [0.1, 0.15) is 20.8 Å². The molecule has 0 aliphatic rings. The average Bonchev–Trinajstić information content (AvgIpc) is 1.63. The number of halogens is 1. The molecule has 0 spiro atoms. The normalized spacial score (nSPS) is 8.60. The van der Waals surface area contributed by atoms with E-state index in [1.165, 1.54) is 0 Å². The SMILES string of the molecule is CC(OC(C)C)=[N+](C)C.[Cl-]. The van der Waals surface area contributed by atoms with Crippen LogP contribution < -0.4 is 12.4 Å². The van der Waals surface area contributed by atoms with Gasteiger partial charge in [-0.1, -0.05) is 0 Å². The summed E-state index contributed by atoms with van der Waals surface area (Å²) in [7, 11) is 3.94. The summed E-state index contributed by atoms with van der Waals surface area (Å²) in [6.45, 7) is 6.00. The molecule has 2 nitrogen and oxygen atoms in total. The van der Waals surface area contributed by atoms with Gasteiger partial charge in [0.05, 0.1) is 13.0 Å². The van der Waals surface area contributed by atoms with Crippen molar-refractivity contribution in [2.24, 2.45) is 0 Å². The molecule has 0 aliphatic heterocycles. The molecule has 0 radical (unpaired) electrons. The van der Waals surface area contributed by atoms with Crippen molar-refractivity contribution in [1.29, 1.82) is 0 Å². The van der Waals surface area contributed by atoms with Gasteiger partial charge in [-0.2, -0.15) is 0 Å². The summed E-state index contributed by atoms with van der Waals surface area (Å²) in [6, 6.07) is 0. The van der Waals surface area contributed by atoms with E-state index in [0.717, 1.165) is 5.90 Å². The van der Waals surface area contributed by atoms with E-state index in [9.17, 15) is 0 Å². The Morgan fingerprint density at radius 1 is 1.30 bits per heavy atom. The van der Waals surface area contributed by atoms with Crippen LogP contribution in [-0.4, -0.2) is 30.7 Å². The Labute approximate surface area is 69.3 Å². The molecule has 0 bridgehead atoms. The van der Waals surface area contributed by atoms with Gasteiger partial charge in [0.2, 0.25) is 0 Å². The largest absolute Gasteiger partial charge is 1.00 e. The number of rotatable bonds is 1. The highest BCUT2D eigenvalue weighted by atomic mass is 35.5. The number of nitrogens with zero attached hydrogens (tertiary/aromatic N) is 1. The first-order valence-corrected chi connectivity index (χ1v) is 3.21. The highest BCUT2D eigenvalue weighted by Crippen LogP contribution is 1.88. The van der Waals surface area contributed by atoms with Crippen LogP contribution in [-0.2, 0) is 4.74 Å². The topological polar surface area (TPSA) is 12.2 Å². The Bertz CT molecular complexity index is 117. The Morgan fingerprint density at radius 3 is 1.80 bits per heavy atom. The minimum Gasteiger partial charge on any atom is -1.00 e. The fraction of sp³-hybridized carbons (Fsp3) is 0.857. The van der Waals surface area contributed by atoms with E-state index in [4.69, 9.17) is 4.74 Å². The molecule has 0 rings (SSSR count). The van der Waals surface area contributed by atoms with Gasteiger partial charge in [0.1, 0.15) is 14.1 Å². The Hall–Kier alpha value is -0.240. The van der Waals surface area contributed by atoms with Crippen molar-refractivity contribution in [2.75, 3.05) is 14.1 Å². The molecule has 0 aromatic carbocycles. The van der Waals surface area contributed by atoms with E-state index in [2.05, 4.69) is 0 Å². The van der Waals surface area contributed by atoms with E-state index >= 15 is 0 Å². The molecule has 62 valence electrons. The monoisotopic (exact) mass is 165 g/mol. The maximum absolute atomic E-state index is 5.35.